The highest BCUT2D eigenvalue weighted by Crippen LogP contribution is 2.17. The summed E-state index contributed by atoms with van der Waals surface area (Å²) in [6, 6.07) is 3.86. The van der Waals surface area contributed by atoms with Gasteiger partial charge in [-0.05, 0) is 19.1 Å². The highest BCUT2D eigenvalue weighted by atomic mass is 35.5. The van der Waals surface area contributed by atoms with Gasteiger partial charge in [0.05, 0.1) is 24.7 Å². The lowest BCUT2D eigenvalue weighted by molar-refractivity contribution is -0.908. The second-order valence-corrected chi connectivity index (χ2v) is 4.83. The van der Waals surface area contributed by atoms with Crippen LogP contribution in [0.4, 0.5) is 9.18 Å². The van der Waals surface area contributed by atoms with Crippen LogP contribution in [-0.2, 0) is 16.1 Å². The molecule has 0 aliphatic heterocycles. The Balaban J connectivity index is 2.73. The number of alkyl carbamates (subject to hydrolysis) is 1. The molecule has 5 nitrogen and oxygen atoms in total. The minimum Gasteiger partial charge on any atom is -0.453 e. The van der Waals surface area contributed by atoms with Crippen LogP contribution in [0.15, 0.2) is 18.2 Å². The molecule has 2 atom stereocenters. The SMILES string of the molecule is COC(=O)NC(=O)[C@H](C)[NH+](C)Cc1c(F)cccc1Cl. The molecule has 2 N–H and O–H groups in total. The van der Waals surface area contributed by atoms with E-state index < -0.39 is 23.9 Å². The molecule has 0 aliphatic carbocycles. The fourth-order valence-electron chi connectivity index (χ4n) is 1.62. The normalized spacial score (nSPS) is 13.4. The van der Waals surface area contributed by atoms with Gasteiger partial charge in [0.2, 0.25) is 0 Å². The van der Waals surface area contributed by atoms with Gasteiger partial charge in [-0.1, -0.05) is 17.7 Å². The molecule has 1 rings (SSSR count). The molecule has 1 unspecified atom stereocenters. The molecule has 7 heteroatoms. The van der Waals surface area contributed by atoms with Gasteiger partial charge in [0, 0.05) is 0 Å². The van der Waals surface area contributed by atoms with Gasteiger partial charge >= 0.3 is 6.09 Å². The number of rotatable bonds is 4. The summed E-state index contributed by atoms with van der Waals surface area (Å²) in [4.78, 5) is 23.4. The molecule has 0 heterocycles. The molecule has 0 radical (unpaired) electrons. The first kappa shape index (κ1) is 16.4. The maximum Gasteiger partial charge on any atom is 0.413 e. The average Bonchev–Trinajstić information content (AvgIpc) is 2.41. The number of ether oxygens (including phenoxy) is 1. The molecular weight excluding hydrogens is 287 g/mol. The van der Waals surface area contributed by atoms with Crippen LogP contribution in [0.2, 0.25) is 5.02 Å². The van der Waals surface area contributed by atoms with Crippen LogP contribution in [0.5, 0.6) is 0 Å². The number of carbonyl (C=O) groups is 2. The number of nitrogens with one attached hydrogen (secondary N) is 2. The Morgan fingerprint density at radius 3 is 2.70 bits per heavy atom. The van der Waals surface area contributed by atoms with Crippen LogP contribution in [-0.4, -0.2) is 32.2 Å². The first-order chi connectivity index (χ1) is 9.36. The Kier molecular flexibility index (Phi) is 5.91. The molecule has 20 heavy (non-hydrogen) atoms. The Morgan fingerprint density at radius 1 is 1.50 bits per heavy atom. The Morgan fingerprint density at radius 2 is 2.15 bits per heavy atom. The van der Waals surface area contributed by atoms with E-state index in [0.29, 0.717) is 15.5 Å². The molecule has 0 bridgehead atoms. The van der Waals surface area contributed by atoms with E-state index in [2.05, 4.69) is 10.1 Å². The number of likely N-dealkylation sites (N-methyl/N-ethyl adjacent to an activating group) is 1. The maximum absolute atomic E-state index is 13.7. The summed E-state index contributed by atoms with van der Waals surface area (Å²) in [6.45, 7) is 1.85. The highest BCUT2D eigenvalue weighted by Gasteiger charge is 2.25. The fourth-order valence-corrected chi connectivity index (χ4v) is 1.85. The summed E-state index contributed by atoms with van der Waals surface area (Å²) < 4.78 is 18.0. The second kappa shape index (κ2) is 7.21. The van der Waals surface area contributed by atoms with Gasteiger partial charge in [-0.25, -0.2) is 9.18 Å². The van der Waals surface area contributed by atoms with E-state index in [1.807, 2.05) is 0 Å². The van der Waals surface area contributed by atoms with Crippen molar-refractivity contribution in [3.63, 3.8) is 0 Å². The molecule has 0 fully saturated rings. The van der Waals surface area contributed by atoms with Crippen LogP contribution in [0, 0.1) is 5.82 Å². The van der Waals surface area contributed by atoms with E-state index in [9.17, 15) is 14.0 Å². The molecule has 0 spiro atoms. The number of hydrogen-bond donors (Lipinski definition) is 2. The smallest absolute Gasteiger partial charge is 0.413 e. The molecule has 110 valence electrons. The third kappa shape index (κ3) is 4.18. The summed E-state index contributed by atoms with van der Waals surface area (Å²) in [5, 5.41) is 2.39. The van der Waals surface area contributed by atoms with Gasteiger partial charge in [0.15, 0.2) is 6.04 Å². The molecule has 1 aromatic rings. The highest BCUT2D eigenvalue weighted by molar-refractivity contribution is 6.31. The van der Waals surface area contributed by atoms with Crippen LogP contribution in [0.1, 0.15) is 12.5 Å². The fraction of sp³-hybridized carbons (Fsp3) is 0.385. The quantitative estimate of drug-likeness (QED) is 0.863. The first-order valence-electron chi connectivity index (χ1n) is 6.00. The zero-order chi connectivity index (χ0) is 15.3. The third-order valence-corrected chi connectivity index (χ3v) is 3.41. The monoisotopic (exact) mass is 303 g/mol. The lowest BCUT2D eigenvalue weighted by Crippen LogP contribution is -3.12. The molecule has 0 saturated heterocycles. The van der Waals surface area contributed by atoms with Gasteiger partial charge in [0.1, 0.15) is 12.4 Å². The van der Waals surface area contributed by atoms with Crippen molar-refractivity contribution >= 4 is 23.6 Å². The van der Waals surface area contributed by atoms with Crippen LogP contribution in [0.3, 0.4) is 0 Å². The molecule has 0 aromatic heterocycles. The topological polar surface area (TPSA) is 59.8 Å². The van der Waals surface area contributed by atoms with Crippen molar-refractivity contribution in [1.82, 2.24) is 5.32 Å². The molecule has 0 saturated carbocycles. The third-order valence-electron chi connectivity index (χ3n) is 3.06. The van der Waals surface area contributed by atoms with Crippen LogP contribution >= 0.6 is 11.6 Å². The van der Waals surface area contributed by atoms with Crippen molar-refractivity contribution in [1.29, 1.82) is 0 Å². The summed E-state index contributed by atoms with van der Waals surface area (Å²) in [7, 11) is 2.88. The van der Waals surface area contributed by atoms with Gasteiger partial charge in [-0.15, -0.1) is 0 Å². The minimum atomic E-state index is -0.821. The van der Waals surface area contributed by atoms with Crippen molar-refractivity contribution in [2.45, 2.75) is 19.5 Å². The Hall–Kier alpha value is -1.66. The van der Waals surface area contributed by atoms with Gasteiger partial charge in [-0.3, -0.25) is 10.1 Å². The maximum atomic E-state index is 13.7. The Labute approximate surface area is 121 Å². The number of methoxy groups -OCH3 is 1. The predicted molar refractivity (Wildman–Crippen MR) is 72.0 cm³/mol. The average molecular weight is 304 g/mol. The van der Waals surface area contributed by atoms with Gasteiger partial charge in [-0.2, -0.15) is 0 Å². The molecule has 2 amide bonds. The number of imide groups is 1. The number of hydrogen-bond acceptors (Lipinski definition) is 3. The zero-order valence-corrected chi connectivity index (χ0v) is 12.3. The predicted octanol–water partition coefficient (Wildman–Crippen LogP) is 0.765. The summed E-state index contributed by atoms with van der Waals surface area (Å²) in [5.41, 5.74) is 0.337. The molecular formula is C13H17ClFN2O3+. The largest absolute Gasteiger partial charge is 0.453 e. The van der Waals surface area contributed by atoms with E-state index in [-0.39, 0.29) is 6.54 Å². The van der Waals surface area contributed by atoms with E-state index >= 15 is 0 Å². The number of carbonyl (C=O) groups excluding carboxylic acids is 2. The Bertz CT molecular complexity index is 490. The van der Waals surface area contributed by atoms with Crippen molar-refractivity contribution < 1.29 is 23.6 Å². The van der Waals surface area contributed by atoms with Crippen LogP contribution in [0.25, 0.3) is 0 Å². The van der Waals surface area contributed by atoms with E-state index in [1.165, 1.54) is 19.2 Å². The number of benzene rings is 1. The van der Waals surface area contributed by atoms with Crippen molar-refractivity contribution in [3.8, 4) is 0 Å². The molecule has 1 aromatic carbocycles. The second-order valence-electron chi connectivity index (χ2n) is 4.43. The van der Waals surface area contributed by atoms with Gasteiger partial charge < -0.3 is 9.64 Å². The summed E-state index contributed by atoms with van der Waals surface area (Å²) in [6.07, 6.45) is -0.821. The minimum absolute atomic E-state index is 0.223. The van der Waals surface area contributed by atoms with Crippen molar-refractivity contribution in [2.24, 2.45) is 0 Å². The van der Waals surface area contributed by atoms with Gasteiger partial charge in [0.25, 0.3) is 5.91 Å². The summed E-state index contributed by atoms with van der Waals surface area (Å²) >= 11 is 5.94. The van der Waals surface area contributed by atoms with Crippen molar-refractivity contribution in [2.75, 3.05) is 14.2 Å². The molecule has 0 aliphatic rings. The number of amides is 2. The lowest BCUT2D eigenvalue weighted by Gasteiger charge is -2.21. The van der Waals surface area contributed by atoms with Crippen LogP contribution < -0.4 is 10.2 Å². The number of halogens is 2. The van der Waals surface area contributed by atoms with Crippen molar-refractivity contribution in [3.05, 3.63) is 34.6 Å². The number of quaternary nitrogens is 1. The van der Waals surface area contributed by atoms with E-state index in [0.717, 1.165) is 0 Å². The lowest BCUT2D eigenvalue weighted by atomic mass is 10.1. The zero-order valence-electron chi connectivity index (χ0n) is 11.5. The van der Waals surface area contributed by atoms with E-state index in [4.69, 9.17) is 11.6 Å². The summed E-state index contributed by atoms with van der Waals surface area (Å²) in [5.74, 6) is -0.917. The van der Waals surface area contributed by atoms with E-state index in [1.54, 1.807) is 20.0 Å². The standard InChI is InChI=1S/C13H16ClFN2O3/c1-8(12(18)16-13(19)20-3)17(2)7-9-10(14)5-4-6-11(9)15/h4-6,8H,7H2,1-3H3,(H,16,18,19)/p+1/t8-/m0/s1. The first-order valence-corrected chi connectivity index (χ1v) is 6.38.